The number of benzene rings is 1. The number of nitrogens with one attached hydrogen (secondary N) is 1. The number of carbonyl (C=O) groups is 2. The lowest BCUT2D eigenvalue weighted by atomic mass is 9.68. The lowest BCUT2D eigenvalue weighted by Crippen LogP contribution is -2.49. The lowest BCUT2D eigenvalue weighted by Gasteiger charge is -2.40. The van der Waals surface area contributed by atoms with E-state index in [4.69, 9.17) is 9.72 Å². The highest BCUT2D eigenvalue weighted by molar-refractivity contribution is 7.99. The maximum Gasteiger partial charge on any atom is 0.343 e. The zero-order valence-electron chi connectivity index (χ0n) is 22.1. The summed E-state index contributed by atoms with van der Waals surface area (Å²) in [5.41, 5.74) is 0.606. The summed E-state index contributed by atoms with van der Waals surface area (Å²) in [5.74, 6) is -0.953. The number of carbonyl (C=O) groups excluding carboxylic acids is 2. The minimum absolute atomic E-state index is 0.0246. The van der Waals surface area contributed by atoms with Crippen LogP contribution in [0.3, 0.4) is 0 Å². The van der Waals surface area contributed by atoms with Gasteiger partial charge in [-0.3, -0.25) is 9.59 Å². The number of cyclic esters (lactones) is 1. The highest BCUT2D eigenvalue weighted by Gasteiger charge is 2.47. The highest BCUT2D eigenvalue weighted by atomic mass is 32.2. The molecule has 9 nitrogen and oxygen atoms in total. The molecule has 1 saturated carbocycles. The van der Waals surface area contributed by atoms with Crippen molar-refractivity contribution in [2.45, 2.75) is 69.2 Å². The molecule has 2 aromatic heterocycles. The van der Waals surface area contributed by atoms with Gasteiger partial charge in [0.1, 0.15) is 12.4 Å². The minimum atomic E-state index is -1.96. The quantitative estimate of drug-likeness (QED) is 0.322. The van der Waals surface area contributed by atoms with Crippen LogP contribution in [0.5, 0.6) is 0 Å². The van der Waals surface area contributed by atoms with E-state index >= 15 is 4.39 Å². The van der Waals surface area contributed by atoms with Crippen LogP contribution in [-0.4, -0.2) is 44.0 Å². The van der Waals surface area contributed by atoms with Gasteiger partial charge in [-0.2, -0.15) is 0 Å². The Bertz CT molecular complexity index is 1730. The van der Waals surface area contributed by atoms with Gasteiger partial charge in [0.15, 0.2) is 5.60 Å². The number of rotatable bonds is 4. The number of pyridine rings is 2. The first kappa shape index (κ1) is 25.7. The van der Waals surface area contributed by atoms with E-state index in [9.17, 15) is 24.6 Å². The summed E-state index contributed by atoms with van der Waals surface area (Å²) in [7, 11) is 0. The lowest BCUT2D eigenvalue weighted by molar-refractivity contribution is -0.172. The minimum Gasteiger partial charge on any atom is -0.458 e. The molecule has 40 heavy (non-hydrogen) atoms. The molecule has 0 spiro atoms. The van der Waals surface area contributed by atoms with E-state index in [2.05, 4.69) is 5.32 Å². The Morgan fingerprint density at radius 3 is 2.75 bits per heavy atom. The third-order valence-corrected chi connectivity index (χ3v) is 10.6. The molecule has 3 N–H and O–H groups in total. The van der Waals surface area contributed by atoms with Crippen LogP contribution in [0.15, 0.2) is 21.8 Å². The van der Waals surface area contributed by atoms with Crippen molar-refractivity contribution in [1.82, 2.24) is 14.9 Å². The summed E-state index contributed by atoms with van der Waals surface area (Å²) in [4.78, 5) is 45.2. The second kappa shape index (κ2) is 8.61. The Morgan fingerprint density at radius 1 is 1.30 bits per heavy atom. The first-order valence-electron chi connectivity index (χ1n) is 13.5. The molecule has 1 fully saturated rings. The summed E-state index contributed by atoms with van der Waals surface area (Å²) in [6.07, 6.45) is 2.14. The van der Waals surface area contributed by atoms with Gasteiger partial charge in [0.2, 0.25) is 5.91 Å². The van der Waals surface area contributed by atoms with Crippen molar-refractivity contribution < 1.29 is 28.9 Å². The molecule has 1 amide bonds. The molecule has 5 heterocycles. The van der Waals surface area contributed by atoms with Crippen molar-refractivity contribution in [3.8, 4) is 11.4 Å². The van der Waals surface area contributed by atoms with Crippen molar-refractivity contribution in [2.75, 3.05) is 12.4 Å². The Morgan fingerprint density at radius 2 is 2.08 bits per heavy atom. The van der Waals surface area contributed by atoms with Crippen LogP contribution in [0, 0.1) is 18.2 Å². The van der Waals surface area contributed by atoms with Crippen LogP contribution in [0.1, 0.15) is 66.5 Å². The standard InChI is InChI=1S/C29H28FN3O6S/c1-3-29(38)16-7-20-23-14(9-33(20)25(35)15(16)10-39-27(29)37)21-19(32-26(36)28(12-34)5-4-6-28)11-40-24-13(2)17(30)8-18(31-23)22(21)24/h7-8,19,34,38H,3-6,9-12H2,1-2H3,(H,32,36)/t19-,29-/m0/s1. The number of halogens is 1. The fourth-order valence-electron chi connectivity index (χ4n) is 6.61. The number of aliphatic hydroxyl groups is 2. The number of fused-ring (bicyclic) bond motifs is 5. The SMILES string of the molecule is CC[C@@]1(O)C(=O)OCc2c1cc1n(c2=O)Cc2c-1nc1cc(F)c(C)c3c1c2[C@@H](NC(=O)C1(CO)CCC1)CS3. The molecule has 0 radical (unpaired) electrons. The summed E-state index contributed by atoms with van der Waals surface area (Å²) >= 11 is 1.46. The Kier molecular flexibility index (Phi) is 5.53. The van der Waals surface area contributed by atoms with Gasteiger partial charge in [-0.25, -0.2) is 14.2 Å². The van der Waals surface area contributed by atoms with Crippen molar-refractivity contribution in [2.24, 2.45) is 5.41 Å². The van der Waals surface area contributed by atoms with E-state index in [-0.39, 0.29) is 48.8 Å². The van der Waals surface area contributed by atoms with Crippen LogP contribution in [0.4, 0.5) is 4.39 Å². The van der Waals surface area contributed by atoms with Crippen LogP contribution in [0.2, 0.25) is 0 Å². The van der Waals surface area contributed by atoms with E-state index < -0.39 is 28.8 Å². The van der Waals surface area contributed by atoms with Crippen molar-refractivity contribution in [1.29, 1.82) is 0 Å². The molecule has 3 aliphatic heterocycles. The van der Waals surface area contributed by atoms with Crippen molar-refractivity contribution in [3.05, 3.63) is 56.1 Å². The number of esters is 1. The molecular weight excluding hydrogens is 537 g/mol. The normalized spacial score (nSPS) is 23.6. The predicted octanol–water partition coefficient (Wildman–Crippen LogP) is 2.95. The van der Waals surface area contributed by atoms with E-state index in [1.54, 1.807) is 24.5 Å². The van der Waals surface area contributed by atoms with Crippen molar-refractivity contribution >= 4 is 34.5 Å². The second-order valence-corrected chi connectivity index (χ2v) is 12.3. The largest absolute Gasteiger partial charge is 0.458 e. The number of aliphatic hydroxyl groups excluding tert-OH is 1. The molecule has 1 aromatic carbocycles. The number of thioether (sulfide) groups is 1. The average molecular weight is 566 g/mol. The number of ether oxygens (including phenoxy) is 1. The zero-order valence-corrected chi connectivity index (χ0v) is 22.9. The highest BCUT2D eigenvalue weighted by Crippen LogP contribution is 2.49. The van der Waals surface area contributed by atoms with Crippen molar-refractivity contribution in [3.63, 3.8) is 0 Å². The number of amides is 1. The van der Waals surface area contributed by atoms with Crippen LogP contribution < -0.4 is 10.9 Å². The first-order valence-corrected chi connectivity index (χ1v) is 14.5. The fourth-order valence-corrected chi connectivity index (χ4v) is 7.87. The predicted molar refractivity (Wildman–Crippen MR) is 144 cm³/mol. The number of hydrogen-bond donors (Lipinski definition) is 3. The summed E-state index contributed by atoms with van der Waals surface area (Å²) in [5, 5.41) is 25.1. The molecule has 0 saturated heterocycles. The Balaban J connectivity index is 1.46. The average Bonchev–Trinajstić information content (AvgIpc) is 3.28. The number of nitrogens with zero attached hydrogens (tertiary/aromatic N) is 2. The Hall–Kier alpha value is -3.28. The van der Waals surface area contributed by atoms with Crippen LogP contribution in [0.25, 0.3) is 22.3 Å². The Labute approximate surface area is 232 Å². The molecule has 11 heteroatoms. The van der Waals surface area contributed by atoms with Crippen LogP contribution in [-0.2, 0) is 33.1 Å². The van der Waals surface area contributed by atoms with Gasteiger partial charge in [0.05, 0.1) is 47.1 Å². The maximum absolute atomic E-state index is 15.1. The maximum atomic E-state index is 15.1. The third-order valence-electron chi connectivity index (χ3n) is 9.30. The van der Waals surface area contributed by atoms with Gasteiger partial charge in [-0.1, -0.05) is 13.3 Å². The van der Waals surface area contributed by atoms with E-state index in [0.29, 0.717) is 41.1 Å². The second-order valence-electron chi connectivity index (χ2n) is 11.3. The number of hydrogen-bond acceptors (Lipinski definition) is 8. The van der Waals surface area contributed by atoms with E-state index in [1.807, 2.05) is 0 Å². The topological polar surface area (TPSA) is 131 Å². The number of aromatic nitrogens is 2. The zero-order chi connectivity index (χ0) is 28.1. The summed E-state index contributed by atoms with van der Waals surface area (Å²) in [6.45, 7) is 3.08. The van der Waals surface area contributed by atoms with Gasteiger partial charge in [-0.15, -0.1) is 11.8 Å². The van der Waals surface area contributed by atoms with Gasteiger partial charge in [0.25, 0.3) is 5.56 Å². The smallest absolute Gasteiger partial charge is 0.343 e. The molecular formula is C29H28FN3O6S. The fraction of sp³-hybridized carbons (Fsp3) is 0.448. The van der Waals surface area contributed by atoms with E-state index in [1.165, 1.54) is 17.8 Å². The van der Waals surface area contributed by atoms with Crippen LogP contribution >= 0.6 is 11.8 Å². The molecule has 0 unspecified atom stereocenters. The molecule has 4 aliphatic rings. The monoisotopic (exact) mass is 565 g/mol. The first-order chi connectivity index (χ1) is 19.1. The molecule has 2 atom stereocenters. The molecule has 3 aromatic rings. The van der Waals surface area contributed by atoms with E-state index in [0.717, 1.165) is 27.8 Å². The molecule has 0 bridgehead atoms. The van der Waals surface area contributed by atoms with Gasteiger partial charge >= 0.3 is 5.97 Å². The van der Waals surface area contributed by atoms with Gasteiger partial charge in [0, 0.05) is 33.2 Å². The van der Waals surface area contributed by atoms with Gasteiger partial charge < -0.3 is 24.8 Å². The summed E-state index contributed by atoms with van der Waals surface area (Å²) in [6, 6.07) is 2.56. The molecule has 208 valence electrons. The van der Waals surface area contributed by atoms with Gasteiger partial charge in [-0.05, 0) is 43.4 Å². The molecule has 7 rings (SSSR count). The third kappa shape index (κ3) is 3.22. The summed E-state index contributed by atoms with van der Waals surface area (Å²) < 4.78 is 21.8. The molecule has 1 aliphatic carbocycles.